The second kappa shape index (κ2) is 7.90. The van der Waals surface area contributed by atoms with E-state index in [1.165, 1.54) is 17.4 Å². The molecule has 0 aliphatic rings. The normalized spacial score (nSPS) is 11.0. The third-order valence-corrected chi connectivity index (χ3v) is 4.46. The summed E-state index contributed by atoms with van der Waals surface area (Å²) in [6.45, 7) is 0.522. The average Bonchev–Trinajstić information content (AvgIpc) is 3.25. The summed E-state index contributed by atoms with van der Waals surface area (Å²) in [5.74, 6) is -0.155. The Hall–Kier alpha value is -2.44. The molecule has 122 valence electrons. The Kier molecular flexibility index (Phi) is 5.40. The minimum Gasteiger partial charge on any atom is -0.352 e. The first kappa shape index (κ1) is 16.4. The first-order chi connectivity index (χ1) is 11.7. The van der Waals surface area contributed by atoms with Crippen LogP contribution < -0.4 is 5.32 Å². The molecule has 2 aromatic heterocycles. The lowest BCUT2D eigenvalue weighted by Gasteiger charge is -2.00. The van der Waals surface area contributed by atoms with E-state index in [9.17, 15) is 4.79 Å². The lowest BCUT2D eigenvalue weighted by atomic mass is 10.2. The number of nitrogens with zero attached hydrogens (tertiary/aromatic N) is 3. The summed E-state index contributed by atoms with van der Waals surface area (Å²) in [5.41, 5.74) is 1.75. The van der Waals surface area contributed by atoms with Gasteiger partial charge in [-0.1, -0.05) is 29.8 Å². The monoisotopic (exact) mass is 358 g/mol. The van der Waals surface area contributed by atoms with E-state index >= 15 is 0 Å². The Bertz CT molecular complexity index is 842. The predicted octanol–water partition coefficient (Wildman–Crippen LogP) is 3.35. The van der Waals surface area contributed by atoms with Crippen molar-refractivity contribution in [1.29, 1.82) is 0 Å². The molecular formula is C17H15ClN4OS. The van der Waals surface area contributed by atoms with Crippen LogP contribution in [0.3, 0.4) is 0 Å². The summed E-state index contributed by atoms with van der Waals surface area (Å²) in [5, 5.41) is 10.4. The number of thiazole rings is 1. The number of aromatic nitrogens is 3. The van der Waals surface area contributed by atoms with Gasteiger partial charge in [-0.3, -0.25) is 4.79 Å². The molecule has 0 fully saturated rings. The summed E-state index contributed by atoms with van der Waals surface area (Å²) < 4.78 is 1.72. The lowest BCUT2D eigenvalue weighted by molar-refractivity contribution is -0.116. The van der Waals surface area contributed by atoms with Gasteiger partial charge in [0.15, 0.2) is 0 Å². The fourth-order valence-electron chi connectivity index (χ4n) is 2.05. The van der Waals surface area contributed by atoms with Crippen molar-refractivity contribution >= 4 is 34.9 Å². The van der Waals surface area contributed by atoms with Crippen LogP contribution in [0.1, 0.15) is 11.3 Å². The summed E-state index contributed by atoms with van der Waals surface area (Å²) in [7, 11) is 0. The Morgan fingerprint density at radius 1 is 1.33 bits per heavy atom. The number of carbonyl (C=O) groups is 1. The molecule has 0 saturated carbocycles. The van der Waals surface area contributed by atoms with Gasteiger partial charge >= 0.3 is 0 Å². The van der Waals surface area contributed by atoms with Gasteiger partial charge in [-0.15, -0.1) is 11.3 Å². The zero-order chi connectivity index (χ0) is 16.8. The highest BCUT2D eigenvalue weighted by atomic mass is 35.5. The standard InChI is InChI=1S/C17H15ClN4OS/c18-15-5-2-1-4-13(15)6-7-16(23)19-10-8-14-12-24-17(21-14)22-11-3-9-20-22/h1-7,9,11-12H,8,10H2,(H,19,23). The van der Waals surface area contributed by atoms with Gasteiger partial charge in [0.05, 0.1) is 5.69 Å². The smallest absolute Gasteiger partial charge is 0.244 e. The summed E-state index contributed by atoms with van der Waals surface area (Å²) in [4.78, 5) is 16.3. The van der Waals surface area contributed by atoms with E-state index in [0.717, 1.165) is 16.4 Å². The van der Waals surface area contributed by atoms with Crippen molar-refractivity contribution in [3.05, 3.63) is 70.5 Å². The molecule has 0 radical (unpaired) electrons. The predicted molar refractivity (Wildman–Crippen MR) is 96.4 cm³/mol. The van der Waals surface area contributed by atoms with Crippen LogP contribution in [0.4, 0.5) is 0 Å². The second-order valence-electron chi connectivity index (χ2n) is 4.97. The van der Waals surface area contributed by atoms with Crippen LogP contribution in [0.2, 0.25) is 5.02 Å². The molecule has 5 nitrogen and oxygen atoms in total. The first-order valence-corrected chi connectivity index (χ1v) is 8.63. The molecule has 0 unspecified atom stereocenters. The molecule has 0 aliphatic carbocycles. The number of hydrogen-bond acceptors (Lipinski definition) is 4. The van der Waals surface area contributed by atoms with Gasteiger partial charge in [-0.2, -0.15) is 5.10 Å². The van der Waals surface area contributed by atoms with E-state index in [1.54, 1.807) is 23.0 Å². The average molecular weight is 359 g/mol. The molecule has 0 spiro atoms. The third-order valence-electron chi connectivity index (χ3n) is 3.24. The maximum absolute atomic E-state index is 11.8. The largest absolute Gasteiger partial charge is 0.352 e. The molecule has 0 atom stereocenters. The van der Waals surface area contributed by atoms with E-state index in [-0.39, 0.29) is 5.91 Å². The number of hydrogen-bond donors (Lipinski definition) is 1. The Morgan fingerprint density at radius 2 is 2.21 bits per heavy atom. The fourth-order valence-corrected chi connectivity index (χ4v) is 3.04. The van der Waals surface area contributed by atoms with Crippen molar-refractivity contribution in [2.24, 2.45) is 0 Å². The van der Waals surface area contributed by atoms with E-state index in [4.69, 9.17) is 11.6 Å². The van der Waals surface area contributed by atoms with Crippen molar-refractivity contribution in [1.82, 2.24) is 20.1 Å². The van der Waals surface area contributed by atoms with E-state index in [1.807, 2.05) is 35.8 Å². The summed E-state index contributed by atoms with van der Waals surface area (Å²) >= 11 is 7.56. The van der Waals surface area contributed by atoms with Gasteiger partial charge < -0.3 is 5.32 Å². The van der Waals surface area contributed by atoms with E-state index in [2.05, 4.69) is 15.4 Å². The highest BCUT2D eigenvalue weighted by Crippen LogP contribution is 2.16. The molecule has 3 aromatic rings. The zero-order valence-electron chi connectivity index (χ0n) is 12.7. The molecule has 24 heavy (non-hydrogen) atoms. The van der Waals surface area contributed by atoms with E-state index < -0.39 is 0 Å². The molecule has 1 aromatic carbocycles. The van der Waals surface area contributed by atoms with Crippen LogP contribution >= 0.6 is 22.9 Å². The van der Waals surface area contributed by atoms with Crippen molar-refractivity contribution in [2.75, 3.05) is 6.54 Å². The Labute approximate surface area is 148 Å². The van der Waals surface area contributed by atoms with Crippen molar-refractivity contribution in [2.45, 2.75) is 6.42 Å². The first-order valence-electron chi connectivity index (χ1n) is 7.37. The van der Waals surface area contributed by atoms with Gasteiger partial charge in [-0.05, 0) is 23.8 Å². The Morgan fingerprint density at radius 3 is 3.00 bits per heavy atom. The molecule has 3 rings (SSSR count). The third kappa shape index (κ3) is 4.31. The maximum atomic E-state index is 11.8. The van der Waals surface area contributed by atoms with E-state index in [0.29, 0.717) is 18.0 Å². The van der Waals surface area contributed by atoms with Gasteiger partial charge in [0.25, 0.3) is 0 Å². The summed E-state index contributed by atoms with van der Waals surface area (Å²) in [6.07, 6.45) is 7.42. The number of benzene rings is 1. The van der Waals surface area contributed by atoms with Crippen molar-refractivity contribution in [3.8, 4) is 5.13 Å². The maximum Gasteiger partial charge on any atom is 0.244 e. The van der Waals surface area contributed by atoms with Crippen LogP contribution in [0, 0.1) is 0 Å². The highest BCUT2D eigenvalue weighted by molar-refractivity contribution is 7.12. The molecule has 0 aliphatic heterocycles. The molecule has 0 bridgehead atoms. The SMILES string of the molecule is O=C(C=Cc1ccccc1Cl)NCCc1csc(-n2cccn2)n1. The van der Waals surface area contributed by atoms with Gasteiger partial charge in [-0.25, -0.2) is 9.67 Å². The topological polar surface area (TPSA) is 59.8 Å². The molecule has 2 heterocycles. The van der Waals surface area contributed by atoms with Crippen LogP contribution in [0.15, 0.2) is 54.2 Å². The van der Waals surface area contributed by atoms with Crippen LogP contribution in [-0.2, 0) is 11.2 Å². The number of amides is 1. The number of halogens is 1. The molecule has 1 N–H and O–H groups in total. The number of nitrogens with one attached hydrogen (secondary N) is 1. The lowest BCUT2D eigenvalue weighted by Crippen LogP contribution is -2.23. The van der Waals surface area contributed by atoms with Gasteiger partial charge in [0.2, 0.25) is 11.0 Å². The number of carbonyl (C=O) groups excluding carboxylic acids is 1. The zero-order valence-corrected chi connectivity index (χ0v) is 14.3. The van der Waals surface area contributed by atoms with Crippen LogP contribution in [-0.4, -0.2) is 27.2 Å². The van der Waals surface area contributed by atoms with Gasteiger partial charge in [0, 0.05) is 41.8 Å². The van der Waals surface area contributed by atoms with Crippen LogP contribution in [0.5, 0.6) is 0 Å². The summed E-state index contributed by atoms with van der Waals surface area (Å²) in [6, 6.07) is 9.23. The molecule has 0 saturated heterocycles. The number of rotatable bonds is 6. The highest BCUT2D eigenvalue weighted by Gasteiger charge is 2.04. The van der Waals surface area contributed by atoms with Crippen LogP contribution in [0.25, 0.3) is 11.2 Å². The van der Waals surface area contributed by atoms with Crippen molar-refractivity contribution in [3.63, 3.8) is 0 Å². The fraction of sp³-hybridized carbons (Fsp3) is 0.118. The minimum absolute atomic E-state index is 0.155. The minimum atomic E-state index is -0.155. The molecule has 7 heteroatoms. The van der Waals surface area contributed by atoms with Gasteiger partial charge in [0.1, 0.15) is 0 Å². The Balaban J connectivity index is 1.48. The van der Waals surface area contributed by atoms with Crippen molar-refractivity contribution < 1.29 is 4.79 Å². The molecule has 1 amide bonds. The second-order valence-corrected chi connectivity index (χ2v) is 6.21. The molecular weight excluding hydrogens is 344 g/mol. The quantitative estimate of drug-likeness (QED) is 0.687.